The number of ether oxygens (including phenoxy) is 1. The first-order valence-corrected chi connectivity index (χ1v) is 5.42. The lowest BCUT2D eigenvalue weighted by atomic mass is 10.2. The molecule has 6 heteroatoms. The first-order valence-electron chi connectivity index (χ1n) is 5.42. The van der Waals surface area contributed by atoms with Gasteiger partial charge in [0.1, 0.15) is 0 Å². The predicted octanol–water partition coefficient (Wildman–Crippen LogP) is 0.00390. The number of nitrogens with two attached hydrogens (primary N) is 1. The van der Waals surface area contributed by atoms with Gasteiger partial charge in [0.15, 0.2) is 5.69 Å². The largest absolute Gasteiger partial charge is 0.396 e. The van der Waals surface area contributed by atoms with Gasteiger partial charge in [0.2, 0.25) is 0 Å². The van der Waals surface area contributed by atoms with Crippen molar-refractivity contribution in [3.8, 4) is 0 Å². The van der Waals surface area contributed by atoms with E-state index in [2.05, 4.69) is 10.4 Å². The standard InChI is InChI=1S/C10H16N4O2/c1-2-14-5-8(11)9(13-14)10(15)12-7-3-4-16-6-7/h5,7H,2-4,6,11H2,1H3,(H,12,15). The molecule has 0 aromatic carbocycles. The molecule has 1 unspecified atom stereocenters. The van der Waals surface area contributed by atoms with Crippen LogP contribution in [0.2, 0.25) is 0 Å². The fourth-order valence-corrected chi connectivity index (χ4v) is 1.68. The molecule has 0 bridgehead atoms. The molecule has 0 spiro atoms. The Morgan fingerprint density at radius 3 is 3.19 bits per heavy atom. The highest BCUT2D eigenvalue weighted by atomic mass is 16.5. The molecule has 1 aromatic rings. The molecule has 0 aliphatic carbocycles. The second kappa shape index (κ2) is 4.52. The van der Waals surface area contributed by atoms with E-state index >= 15 is 0 Å². The summed E-state index contributed by atoms with van der Waals surface area (Å²) >= 11 is 0. The van der Waals surface area contributed by atoms with E-state index in [1.54, 1.807) is 10.9 Å². The first-order chi connectivity index (χ1) is 7.70. The molecule has 6 nitrogen and oxygen atoms in total. The van der Waals surface area contributed by atoms with Crippen LogP contribution in [0, 0.1) is 0 Å². The number of aryl methyl sites for hydroxylation is 1. The van der Waals surface area contributed by atoms with Crippen LogP contribution in [0.1, 0.15) is 23.8 Å². The number of amides is 1. The summed E-state index contributed by atoms with van der Waals surface area (Å²) in [5.41, 5.74) is 6.43. The van der Waals surface area contributed by atoms with Gasteiger partial charge in [0.05, 0.1) is 18.3 Å². The molecule has 1 fully saturated rings. The van der Waals surface area contributed by atoms with Crippen molar-refractivity contribution < 1.29 is 9.53 Å². The maximum atomic E-state index is 11.8. The van der Waals surface area contributed by atoms with Crippen LogP contribution in [0.25, 0.3) is 0 Å². The Bertz CT molecular complexity index is 382. The van der Waals surface area contributed by atoms with Crippen molar-refractivity contribution in [3.05, 3.63) is 11.9 Å². The third-order valence-corrected chi connectivity index (χ3v) is 2.59. The van der Waals surface area contributed by atoms with Gasteiger partial charge in [0.25, 0.3) is 5.91 Å². The third-order valence-electron chi connectivity index (χ3n) is 2.59. The number of carbonyl (C=O) groups is 1. The molecule has 2 rings (SSSR count). The highest BCUT2D eigenvalue weighted by Crippen LogP contribution is 2.10. The van der Waals surface area contributed by atoms with E-state index in [0.717, 1.165) is 6.42 Å². The summed E-state index contributed by atoms with van der Waals surface area (Å²) in [6, 6.07) is 0.0821. The van der Waals surface area contributed by atoms with E-state index in [-0.39, 0.29) is 11.9 Å². The normalized spacial score (nSPS) is 19.9. The Kier molecular flexibility index (Phi) is 3.09. The van der Waals surface area contributed by atoms with Crippen molar-refractivity contribution in [1.82, 2.24) is 15.1 Å². The number of nitrogen functional groups attached to an aromatic ring is 1. The topological polar surface area (TPSA) is 82.2 Å². The SMILES string of the molecule is CCn1cc(N)c(C(=O)NC2CCOC2)n1. The summed E-state index contributed by atoms with van der Waals surface area (Å²) in [7, 11) is 0. The molecule has 88 valence electrons. The van der Waals surface area contributed by atoms with E-state index in [9.17, 15) is 4.79 Å². The van der Waals surface area contributed by atoms with Crippen molar-refractivity contribution in [2.75, 3.05) is 18.9 Å². The molecular weight excluding hydrogens is 208 g/mol. The van der Waals surface area contributed by atoms with E-state index in [1.807, 2.05) is 6.92 Å². The number of nitrogens with zero attached hydrogens (tertiary/aromatic N) is 2. The van der Waals surface area contributed by atoms with Gasteiger partial charge in [-0.2, -0.15) is 5.10 Å². The number of anilines is 1. The second-order valence-electron chi connectivity index (χ2n) is 3.82. The Balaban J connectivity index is 2.04. The van der Waals surface area contributed by atoms with Gasteiger partial charge in [-0.25, -0.2) is 0 Å². The number of rotatable bonds is 3. The van der Waals surface area contributed by atoms with Crippen molar-refractivity contribution in [2.45, 2.75) is 25.9 Å². The van der Waals surface area contributed by atoms with Crippen molar-refractivity contribution in [1.29, 1.82) is 0 Å². The van der Waals surface area contributed by atoms with E-state index in [0.29, 0.717) is 31.1 Å². The summed E-state index contributed by atoms with van der Waals surface area (Å²) in [4.78, 5) is 11.8. The summed E-state index contributed by atoms with van der Waals surface area (Å²) in [5.74, 6) is -0.222. The molecule has 1 saturated heterocycles. The number of hydrogen-bond acceptors (Lipinski definition) is 4. The van der Waals surface area contributed by atoms with Gasteiger partial charge in [-0.05, 0) is 13.3 Å². The summed E-state index contributed by atoms with van der Waals surface area (Å²) < 4.78 is 6.83. The number of hydrogen-bond donors (Lipinski definition) is 2. The highest BCUT2D eigenvalue weighted by Gasteiger charge is 2.21. The molecule has 2 heterocycles. The minimum atomic E-state index is -0.222. The van der Waals surface area contributed by atoms with Gasteiger partial charge in [-0.15, -0.1) is 0 Å². The van der Waals surface area contributed by atoms with Crippen LogP contribution in [0.5, 0.6) is 0 Å². The minimum Gasteiger partial charge on any atom is -0.396 e. The average Bonchev–Trinajstić information content (AvgIpc) is 2.87. The second-order valence-corrected chi connectivity index (χ2v) is 3.82. The lowest BCUT2D eigenvalue weighted by Crippen LogP contribution is -2.35. The maximum Gasteiger partial charge on any atom is 0.274 e. The van der Waals surface area contributed by atoms with Crippen LogP contribution in [0.3, 0.4) is 0 Å². The van der Waals surface area contributed by atoms with Gasteiger partial charge in [0, 0.05) is 19.3 Å². The quantitative estimate of drug-likeness (QED) is 0.757. The Morgan fingerprint density at radius 1 is 1.81 bits per heavy atom. The van der Waals surface area contributed by atoms with Crippen LogP contribution in [0.15, 0.2) is 6.20 Å². The Labute approximate surface area is 93.8 Å². The molecule has 3 N–H and O–H groups in total. The molecule has 1 aromatic heterocycles. The van der Waals surface area contributed by atoms with Gasteiger partial charge < -0.3 is 15.8 Å². The zero-order valence-corrected chi connectivity index (χ0v) is 9.27. The lowest BCUT2D eigenvalue weighted by Gasteiger charge is -2.08. The van der Waals surface area contributed by atoms with Gasteiger partial charge >= 0.3 is 0 Å². The highest BCUT2D eigenvalue weighted by molar-refractivity contribution is 5.97. The van der Waals surface area contributed by atoms with Crippen LogP contribution < -0.4 is 11.1 Å². The fourth-order valence-electron chi connectivity index (χ4n) is 1.68. The summed E-state index contributed by atoms with van der Waals surface area (Å²) in [6.07, 6.45) is 2.51. The van der Waals surface area contributed by atoms with Gasteiger partial charge in [-0.3, -0.25) is 9.48 Å². The van der Waals surface area contributed by atoms with Crippen molar-refractivity contribution in [3.63, 3.8) is 0 Å². The van der Waals surface area contributed by atoms with E-state index < -0.39 is 0 Å². The number of carbonyl (C=O) groups excluding carboxylic acids is 1. The number of nitrogens with one attached hydrogen (secondary N) is 1. The fraction of sp³-hybridized carbons (Fsp3) is 0.600. The predicted molar refractivity (Wildman–Crippen MR) is 59.0 cm³/mol. The van der Waals surface area contributed by atoms with E-state index in [1.165, 1.54) is 0 Å². The maximum absolute atomic E-state index is 11.8. The van der Waals surface area contributed by atoms with Crippen molar-refractivity contribution in [2.24, 2.45) is 0 Å². The van der Waals surface area contributed by atoms with Gasteiger partial charge in [-0.1, -0.05) is 0 Å². The third kappa shape index (κ3) is 2.16. The van der Waals surface area contributed by atoms with Crippen LogP contribution in [-0.2, 0) is 11.3 Å². The van der Waals surface area contributed by atoms with Crippen LogP contribution in [0.4, 0.5) is 5.69 Å². The number of aromatic nitrogens is 2. The average molecular weight is 224 g/mol. The Hall–Kier alpha value is -1.56. The molecule has 0 saturated carbocycles. The molecule has 0 radical (unpaired) electrons. The van der Waals surface area contributed by atoms with E-state index in [4.69, 9.17) is 10.5 Å². The molecule has 1 atom stereocenters. The van der Waals surface area contributed by atoms with Crippen molar-refractivity contribution >= 4 is 11.6 Å². The van der Waals surface area contributed by atoms with Crippen LogP contribution in [-0.4, -0.2) is 34.9 Å². The first kappa shape index (κ1) is 10.9. The zero-order chi connectivity index (χ0) is 11.5. The summed E-state index contributed by atoms with van der Waals surface area (Å²) in [6.45, 7) is 3.91. The van der Waals surface area contributed by atoms with Crippen LogP contribution >= 0.6 is 0 Å². The lowest BCUT2D eigenvalue weighted by molar-refractivity contribution is 0.0925. The molecule has 1 amide bonds. The molecule has 16 heavy (non-hydrogen) atoms. The Morgan fingerprint density at radius 2 is 2.62 bits per heavy atom. The zero-order valence-electron chi connectivity index (χ0n) is 9.27. The smallest absolute Gasteiger partial charge is 0.274 e. The summed E-state index contributed by atoms with van der Waals surface area (Å²) in [5, 5.41) is 6.96. The molecule has 1 aliphatic heterocycles. The molecular formula is C10H16N4O2. The minimum absolute atomic E-state index is 0.0821. The monoisotopic (exact) mass is 224 g/mol. The molecule has 1 aliphatic rings.